The van der Waals surface area contributed by atoms with Gasteiger partial charge in [-0.25, -0.2) is 9.18 Å². The molecule has 0 fully saturated rings. The van der Waals surface area contributed by atoms with Crippen LogP contribution in [0.1, 0.15) is 37.9 Å². The summed E-state index contributed by atoms with van der Waals surface area (Å²) in [5, 5.41) is 9.33. The van der Waals surface area contributed by atoms with Crippen molar-refractivity contribution in [2.24, 2.45) is 0 Å². The lowest BCUT2D eigenvalue weighted by Gasteiger charge is -2.17. The SMILES string of the molecule is CCO[C@@H](Cc1ccc(OCCn2c(C(C)C)cc(-c3ccccc3)c2-c2ccc(F)cc2)cc1)C(=O)O. The lowest BCUT2D eigenvalue weighted by molar-refractivity contribution is -0.149. The third kappa shape index (κ3) is 6.50. The largest absolute Gasteiger partial charge is 0.492 e. The summed E-state index contributed by atoms with van der Waals surface area (Å²) in [5.41, 5.74) is 6.25. The van der Waals surface area contributed by atoms with E-state index in [1.54, 1.807) is 6.92 Å². The van der Waals surface area contributed by atoms with E-state index in [1.165, 1.54) is 17.8 Å². The van der Waals surface area contributed by atoms with E-state index in [0.717, 1.165) is 27.9 Å². The van der Waals surface area contributed by atoms with Gasteiger partial charge in [-0.15, -0.1) is 0 Å². The van der Waals surface area contributed by atoms with Gasteiger partial charge in [-0.3, -0.25) is 0 Å². The molecule has 4 aromatic rings. The summed E-state index contributed by atoms with van der Waals surface area (Å²) in [6.07, 6.45) is -0.563. The van der Waals surface area contributed by atoms with Gasteiger partial charge >= 0.3 is 5.97 Å². The minimum absolute atomic E-state index is 0.264. The van der Waals surface area contributed by atoms with Crippen LogP contribution in [0, 0.1) is 5.82 Å². The first-order valence-electron chi connectivity index (χ1n) is 13.0. The summed E-state index contributed by atoms with van der Waals surface area (Å²) in [6.45, 7) is 7.52. The molecule has 0 aliphatic carbocycles. The molecule has 4 rings (SSSR count). The van der Waals surface area contributed by atoms with Gasteiger partial charge in [-0.2, -0.15) is 0 Å². The van der Waals surface area contributed by atoms with E-state index in [4.69, 9.17) is 9.47 Å². The maximum atomic E-state index is 13.8. The van der Waals surface area contributed by atoms with Gasteiger partial charge in [0.2, 0.25) is 0 Å². The van der Waals surface area contributed by atoms with Crippen LogP contribution in [0.5, 0.6) is 5.75 Å². The molecule has 1 aromatic heterocycles. The van der Waals surface area contributed by atoms with Crippen LogP contribution in [0.25, 0.3) is 22.4 Å². The van der Waals surface area contributed by atoms with Crippen molar-refractivity contribution >= 4 is 5.97 Å². The quantitative estimate of drug-likeness (QED) is 0.217. The topological polar surface area (TPSA) is 60.7 Å². The monoisotopic (exact) mass is 515 g/mol. The van der Waals surface area contributed by atoms with E-state index in [2.05, 4.69) is 36.6 Å². The second-order valence-electron chi connectivity index (χ2n) is 9.49. The van der Waals surface area contributed by atoms with Crippen molar-refractivity contribution in [2.75, 3.05) is 13.2 Å². The number of carboxylic acids is 1. The maximum absolute atomic E-state index is 13.8. The number of carboxylic acid groups (broad SMARTS) is 1. The van der Waals surface area contributed by atoms with E-state index in [9.17, 15) is 14.3 Å². The second-order valence-corrected chi connectivity index (χ2v) is 9.49. The highest BCUT2D eigenvalue weighted by molar-refractivity contribution is 5.82. The molecule has 0 aliphatic rings. The zero-order valence-corrected chi connectivity index (χ0v) is 22.1. The third-order valence-corrected chi connectivity index (χ3v) is 6.49. The smallest absolute Gasteiger partial charge is 0.333 e. The molecule has 198 valence electrons. The summed E-state index contributed by atoms with van der Waals surface area (Å²) < 4.78 is 27.4. The van der Waals surface area contributed by atoms with Crippen LogP contribution in [0.2, 0.25) is 0 Å². The molecule has 3 aromatic carbocycles. The van der Waals surface area contributed by atoms with Crippen molar-refractivity contribution in [3.8, 4) is 28.1 Å². The van der Waals surface area contributed by atoms with Gasteiger partial charge in [0.15, 0.2) is 6.10 Å². The van der Waals surface area contributed by atoms with E-state index in [0.29, 0.717) is 31.9 Å². The van der Waals surface area contributed by atoms with Gasteiger partial charge in [0.05, 0.1) is 12.2 Å². The van der Waals surface area contributed by atoms with Gasteiger partial charge in [0, 0.05) is 24.3 Å². The van der Waals surface area contributed by atoms with Crippen molar-refractivity contribution in [2.45, 2.75) is 45.8 Å². The van der Waals surface area contributed by atoms with Gasteiger partial charge in [0.25, 0.3) is 0 Å². The number of ether oxygens (including phenoxy) is 2. The van der Waals surface area contributed by atoms with E-state index in [-0.39, 0.29) is 11.7 Å². The Bertz CT molecular complexity index is 1330. The standard InChI is InChI=1S/C32H34FNO4/c1-4-37-30(32(35)36)20-23-10-16-27(17-11-23)38-19-18-34-29(22(2)3)21-28(24-8-6-5-7-9-24)31(34)25-12-14-26(33)15-13-25/h5-17,21-22,30H,4,18-20H2,1-3H3,(H,35,36)/t30-/m0/s1. The number of aromatic nitrogens is 1. The number of rotatable bonds is 12. The molecule has 0 radical (unpaired) electrons. The summed E-state index contributed by atoms with van der Waals surface area (Å²) >= 11 is 0. The molecule has 6 heteroatoms. The van der Waals surface area contributed by atoms with Crippen LogP contribution in [0.4, 0.5) is 4.39 Å². The summed E-state index contributed by atoms with van der Waals surface area (Å²) in [6, 6.07) is 26.6. The molecule has 38 heavy (non-hydrogen) atoms. The van der Waals surface area contributed by atoms with E-state index >= 15 is 0 Å². The number of hydrogen-bond donors (Lipinski definition) is 1. The number of halogens is 1. The molecule has 0 unspecified atom stereocenters. The molecular weight excluding hydrogens is 481 g/mol. The van der Waals surface area contributed by atoms with Crippen molar-refractivity contribution in [3.05, 3.63) is 102 Å². The first-order chi connectivity index (χ1) is 18.4. The first kappa shape index (κ1) is 27.1. The Hall–Kier alpha value is -3.90. The Balaban J connectivity index is 1.57. The molecule has 0 saturated heterocycles. The minimum atomic E-state index is -0.966. The Kier molecular flexibility index (Phi) is 8.98. The van der Waals surface area contributed by atoms with E-state index < -0.39 is 12.1 Å². The predicted molar refractivity (Wildman–Crippen MR) is 148 cm³/mol. The molecule has 0 bridgehead atoms. The fourth-order valence-electron chi connectivity index (χ4n) is 4.65. The molecule has 1 atom stereocenters. The molecule has 0 spiro atoms. The highest BCUT2D eigenvalue weighted by Crippen LogP contribution is 2.37. The minimum Gasteiger partial charge on any atom is -0.492 e. The predicted octanol–water partition coefficient (Wildman–Crippen LogP) is 7.20. The highest BCUT2D eigenvalue weighted by atomic mass is 19.1. The van der Waals surface area contributed by atoms with Crippen molar-refractivity contribution in [3.63, 3.8) is 0 Å². The molecule has 5 nitrogen and oxygen atoms in total. The Morgan fingerprint density at radius 1 is 0.947 bits per heavy atom. The highest BCUT2D eigenvalue weighted by Gasteiger charge is 2.20. The molecule has 1 N–H and O–H groups in total. The lowest BCUT2D eigenvalue weighted by atomic mass is 10.0. The third-order valence-electron chi connectivity index (χ3n) is 6.49. The van der Waals surface area contributed by atoms with Crippen LogP contribution >= 0.6 is 0 Å². The Labute approximate surface area is 223 Å². The summed E-state index contributed by atoms with van der Waals surface area (Å²) in [5.74, 6) is -0.244. The van der Waals surface area contributed by atoms with Gasteiger partial charge in [0.1, 0.15) is 18.2 Å². The lowest BCUT2D eigenvalue weighted by Crippen LogP contribution is -2.26. The molecule has 0 saturated carbocycles. The fourth-order valence-corrected chi connectivity index (χ4v) is 4.65. The molecule has 0 amide bonds. The van der Waals surface area contributed by atoms with Crippen LogP contribution in [-0.4, -0.2) is 35.0 Å². The second kappa shape index (κ2) is 12.6. The van der Waals surface area contributed by atoms with Gasteiger partial charge in [-0.05, 0) is 72.0 Å². The van der Waals surface area contributed by atoms with E-state index in [1.807, 2.05) is 54.6 Å². The zero-order chi connectivity index (χ0) is 27.1. The Morgan fingerprint density at radius 3 is 2.24 bits per heavy atom. The van der Waals surface area contributed by atoms with Crippen LogP contribution in [0.15, 0.2) is 84.9 Å². The molecule has 1 heterocycles. The fraction of sp³-hybridized carbons (Fsp3) is 0.281. The van der Waals surface area contributed by atoms with Crippen LogP contribution in [0.3, 0.4) is 0 Å². The van der Waals surface area contributed by atoms with Gasteiger partial charge in [-0.1, -0.05) is 56.3 Å². The first-order valence-corrected chi connectivity index (χ1v) is 13.0. The van der Waals surface area contributed by atoms with Crippen molar-refractivity contribution in [1.82, 2.24) is 4.57 Å². The van der Waals surface area contributed by atoms with Crippen LogP contribution < -0.4 is 4.74 Å². The number of nitrogens with zero attached hydrogens (tertiary/aromatic N) is 1. The molecular formula is C32H34FNO4. The van der Waals surface area contributed by atoms with Crippen molar-refractivity contribution in [1.29, 1.82) is 0 Å². The average molecular weight is 516 g/mol. The average Bonchev–Trinajstić information content (AvgIpc) is 3.30. The zero-order valence-electron chi connectivity index (χ0n) is 22.1. The number of benzene rings is 3. The summed E-state index contributed by atoms with van der Waals surface area (Å²) in [7, 11) is 0. The normalized spacial score (nSPS) is 12.0. The van der Waals surface area contributed by atoms with Gasteiger partial charge < -0.3 is 19.1 Å². The number of aliphatic carboxylic acids is 1. The molecule has 0 aliphatic heterocycles. The van der Waals surface area contributed by atoms with Crippen molar-refractivity contribution < 1.29 is 23.8 Å². The maximum Gasteiger partial charge on any atom is 0.333 e. The Morgan fingerprint density at radius 2 is 1.63 bits per heavy atom. The number of carbonyl (C=O) groups is 1. The number of hydrogen-bond acceptors (Lipinski definition) is 3. The summed E-state index contributed by atoms with van der Waals surface area (Å²) in [4.78, 5) is 11.4. The van der Waals surface area contributed by atoms with Crippen LogP contribution in [-0.2, 0) is 22.5 Å².